The van der Waals surface area contributed by atoms with E-state index in [1.807, 2.05) is 0 Å². The van der Waals surface area contributed by atoms with Crippen molar-refractivity contribution in [2.75, 3.05) is 25.0 Å². The minimum absolute atomic E-state index is 0.191. The van der Waals surface area contributed by atoms with E-state index in [1.54, 1.807) is 6.07 Å². The molecule has 0 spiro atoms. The molecule has 0 aliphatic heterocycles. The molecule has 0 aliphatic carbocycles. The Labute approximate surface area is 130 Å². The summed E-state index contributed by atoms with van der Waals surface area (Å²) in [7, 11) is 0. The second-order valence-electron chi connectivity index (χ2n) is 4.08. The number of hydrogen-bond acceptors (Lipinski definition) is 4. The van der Waals surface area contributed by atoms with Gasteiger partial charge in [0.1, 0.15) is 0 Å². The molecule has 0 radical (unpaired) electrons. The van der Waals surface area contributed by atoms with Gasteiger partial charge in [0.2, 0.25) is 5.91 Å². The Morgan fingerprint density at radius 1 is 1.00 bits per heavy atom. The molecule has 0 atom stereocenters. The number of hydrogen-bond donors (Lipinski definition) is 3. The van der Waals surface area contributed by atoms with Crippen LogP contribution < -0.4 is 5.32 Å². The van der Waals surface area contributed by atoms with Gasteiger partial charge in [0, 0.05) is 0 Å². The van der Waals surface area contributed by atoms with E-state index in [2.05, 4.69) is 5.32 Å². The first kappa shape index (κ1) is 17.2. The van der Waals surface area contributed by atoms with Gasteiger partial charge in [-0.05, 0) is 12.1 Å². The van der Waals surface area contributed by atoms with Crippen LogP contribution in [0.4, 0.5) is 5.69 Å². The topological polar surface area (TPSA) is 107 Å². The molecule has 21 heavy (non-hydrogen) atoms. The fraction of sp³-hybridized carbons (Fsp3) is 0.250. The number of halogens is 2. The summed E-state index contributed by atoms with van der Waals surface area (Å²) in [5, 5.41) is 20.2. The van der Waals surface area contributed by atoms with Gasteiger partial charge in [0.05, 0.1) is 35.4 Å². The van der Waals surface area contributed by atoms with Gasteiger partial charge in [-0.1, -0.05) is 29.3 Å². The van der Waals surface area contributed by atoms with Gasteiger partial charge in [-0.25, -0.2) is 0 Å². The second-order valence-corrected chi connectivity index (χ2v) is 4.89. The van der Waals surface area contributed by atoms with E-state index in [0.717, 1.165) is 4.90 Å². The normalized spacial score (nSPS) is 10.4. The molecule has 0 saturated heterocycles. The molecule has 1 aromatic rings. The Morgan fingerprint density at radius 2 is 1.48 bits per heavy atom. The fourth-order valence-electron chi connectivity index (χ4n) is 1.55. The number of rotatable bonds is 7. The predicted octanol–water partition coefficient (Wildman–Crippen LogP) is 1.40. The minimum atomic E-state index is -1.24. The van der Waals surface area contributed by atoms with Crippen molar-refractivity contribution in [2.24, 2.45) is 0 Å². The maximum absolute atomic E-state index is 11.8. The number of para-hydroxylation sites is 1. The van der Waals surface area contributed by atoms with Crippen LogP contribution in [-0.2, 0) is 14.4 Å². The van der Waals surface area contributed by atoms with E-state index in [4.69, 9.17) is 33.4 Å². The molecule has 0 aliphatic rings. The zero-order valence-corrected chi connectivity index (χ0v) is 12.2. The number of carbonyl (C=O) groups is 3. The van der Waals surface area contributed by atoms with Crippen molar-refractivity contribution in [3.05, 3.63) is 28.2 Å². The fourth-order valence-corrected chi connectivity index (χ4v) is 2.04. The average Bonchev–Trinajstić information content (AvgIpc) is 2.32. The summed E-state index contributed by atoms with van der Waals surface area (Å²) >= 11 is 11.8. The summed E-state index contributed by atoms with van der Waals surface area (Å²) in [6, 6.07) is 4.64. The van der Waals surface area contributed by atoms with Gasteiger partial charge in [0.25, 0.3) is 0 Å². The second kappa shape index (κ2) is 7.82. The summed E-state index contributed by atoms with van der Waals surface area (Å²) in [5.74, 6) is -3.09. The van der Waals surface area contributed by atoms with Crippen LogP contribution >= 0.6 is 23.2 Å². The number of aliphatic carboxylic acids is 2. The molecule has 3 N–H and O–H groups in total. The van der Waals surface area contributed by atoms with Crippen molar-refractivity contribution in [2.45, 2.75) is 0 Å². The van der Waals surface area contributed by atoms with Crippen LogP contribution in [0.2, 0.25) is 10.0 Å². The summed E-state index contributed by atoms with van der Waals surface area (Å²) in [6.07, 6.45) is 0. The van der Waals surface area contributed by atoms with Crippen molar-refractivity contribution >= 4 is 46.7 Å². The number of nitrogens with zero attached hydrogens (tertiary/aromatic N) is 1. The van der Waals surface area contributed by atoms with E-state index >= 15 is 0 Å². The number of carboxylic acid groups (broad SMARTS) is 2. The smallest absolute Gasteiger partial charge is 0.317 e. The molecule has 1 amide bonds. The maximum atomic E-state index is 11.8. The van der Waals surface area contributed by atoms with Crippen molar-refractivity contribution in [1.82, 2.24) is 4.90 Å². The molecule has 0 fully saturated rings. The van der Waals surface area contributed by atoms with E-state index in [1.165, 1.54) is 12.1 Å². The quantitative estimate of drug-likeness (QED) is 0.695. The molecule has 1 rings (SSSR count). The van der Waals surface area contributed by atoms with Crippen molar-refractivity contribution in [3.8, 4) is 0 Å². The van der Waals surface area contributed by atoms with Crippen LogP contribution in [0.1, 0.15) is 0 Å². The van der Waals surface area contributed by atoms with Gasteiger partial charge in [-0.2, -0.15) is 0 Å². The molecule has 0 bridgehead atoms. The van der Waals surface area contributed by atoms with Crippen LogP contribution in [0.3, 0.4) is 0 Å². The highest BCUT2D eigenvalue weighted by Gasteiger charge is 2.18. The summed E-state index contributed by atoms with van der Waals surface area (Å²) in [4.78, 5) is 34.1. The van der Waals surface area contributed by atoms with Crippen LogP contribution in [-0.4, -0.2) is 52.6 Å². The first-order valence-electron chi connectivity index (χ1n) is 5.69. The molecule has 0 heterocycles. The first-order valence-corrected chi connectivity index (χ1v) is 6.45. The van der Waals surface area contributed by atoms with E-state index < -0.39 is 37.5 Å². The highest BCUT2D eigenvalue weighted by molar-refractivity contribution is 6.39. The van der Waals surface area contributed by atoms with Gasteiger partial charge < -0.3 is 15.5 Å². The third-order valence-electron chi connectivity index (χ3n) is 2.31. The molecular weight excluding hydrogens is 323 g/mol. The Hall–Kier alpha value is -1.83. The molecule has 0 aromatic heterocycles. The molecule has 7 nitrogen and oxygen atoms in total. The number of benzene rings is 1. The van der Waals surface area contributed by atoms with Gasteiger partial charge in [-0.3, -0.25) is 19.3 Å². The van der Waals surface area contributed by atoms with E-state index in [-0.39, 0.29) is 15.7 Å². The Morgan fingerprint density at radius 3 is 1.90 bits per heavy atom. The van der Waals surface area contributed by atoms with Crippen LogP contribution in [0.25, 0.3) is 0 Å². The third-order valence-corrected chi connectivity index (χ3v) is 2.94. The average molecular weight is 335 g/mol. The van der Waals surface area contributed by atoms with E-state index in [9.17, 15) is 14.4 Å². The number of anilines is 1. The van der Waals surface area contributed by atoms with Crippen LogP contribution in [0, 0.1) is 0 Å². The lowest BCUT2D eigenvalue weighted by Gasteiger charge is -2.18. The summed E-state index contributed by atoms with van der Waals surface area (Å²) in [5.41, 5.74) is 0.191. The number of nitrogens with one attached hydrogen (secondary N) is 1. The Balaban J connectivity index is 2.73. The molecule has 0 saturated carbocycles. The molecule has 0 unspecified atom stereocenters. The van der Waals surface area contributed by atoms with E-state index in [0.29, 0.717) is 0 Å². The molecular formula is C12H12Cl2N2O5. The Kier molecular flexibility index (Phi) is 6.41. The van der Waals surface area contributed by atoms with Crippen LogP contribution in [0.15, 0.2) is 18.2 Å². The largest absolute Gasteiger partial charge is 0.480 e. The first-order chi connectivity index (χ1) is 9.79. The molecule has 9 heteroatoms. The Bertz CT molecular complexity index is 528. The van der Waals surface area contributed by atoms with Crippen molar-refractivity contribution in [1.29, 1.82) is 0 Å². The van der Waals surface area contributed by atoms with Crippen molar-refractivity contribution in [3.63, 3.8) is 0 Å². The molecule has 114 valence electrons. The zero-order valence-electron chi connectivity index (χ0n) is 10.7. The predicted molar refractivity (Wildman–Crippen MR) is 76.8 cm³/mol. The van der Waals surface area contributed by atoms with Gasteiger partial charge in [0.15, 0.2) is 0 Å². The highest BCUT2D eigenvalue weighted by Crippen LogP contribution is 2.29. The SMILES string of the molecule is O=C(O)CN(CC(=O)O)CC(=O)Nc1c(Cl)cccc1Cl. The number of amides is 1. The maximum Gasteiger partial charge on any atom is 0.317 e. The lowest BCUT2D eigenvalue weighted by atomic mass is 10.3. The van der Waals surface area contributed by atoms with Crippen molar-refractivity contribution < 1.29 is 24.6 Å². The zero-order chi connectivity index (χ0) is 16.0. The standard InChI is InChI=1S/C12H12Cl2N2O5/c13-7-2-1-3-8(14)12(7)15-9(17)4-16(5-10(18)19)6-11(20)21/h1-3H,4-6H2,(H,15,17)(H,18,19)(H,20,21). The van der Waals surface area contributed by atoms with Gasteiger partial charge in [-0.15, -0.1) is 0 Å². The monoisotopic (exact) mass is 334 g/mol. The lowest BCUT2D eigenvalue weighted by Crippen LogP contribution is -2.40. The van der Waals surface area contributed by atoms with Crippen LogP contribution in [0.5, 0.6) is 0 Å². The third kappa shape index (κ3) is 5.99. The van der Waals surface area contributed by atoms with Gasteiger partial charge >= 0.3 is 11.9 Å². The minimum Gasteiger partial charge on any atom is -0.480 e. The summed E-state index contributed by atoms with van der Waals surface area (Å²) in [6.45, 7) is -1.56. The number of carbonyl (C=O) groups excluding carboxylic acids is 1. The highest BCUT2D eigenvalue weighted by atomic mass is 35.5. The molecule has 1 aromatic carbocycles. The number of carboxylic acids is 2. The summed E-state index contributed by atoms with van der Waals surface area (Å²) < 4.78 is 0. The lowest BCUT2D eigenvalue weighted by molar-refractivity contribution is -0.142.